The van der Waals surface area contributed by atoms with Gasteiger partial charge in [0.05, 0.1) is 6.04 Å². The number of hydrogen-bond acceptors (Lipinski definition) is 4. The molecule has 5 heteroatoms. The highest BCUT2D eigenvalue weighted by molar-refractivity contribution is 5.82. The largest absolute Gasteiger partial charge is 0.351 e. The molecule has 0 aromatic heterocycles. The number of amides is 1. The molecular weight excluding hydrogens is 326 g/mol. The zero-order valence-electron chi connectivity index (χ0n) is 15.8. The molecule has 1 aliphatic heterocycles. The third-order valence-corrected chi connectivity index (χ3v) is 8.34. The van der Waals surface area contributed by atoms with Crippen LogP contribution in [0.4, 0.5) is 0 Å². The second-order valence-electron chi connectivity index (χ2n) is 10.1. The summed E-state index contributed by atoms with van der Waals surface area (Å²) in [6, 6.07) is 0.0630. The van der Waals surface area contributed by atoms with E-state index >= 15 is 0 Å². The maximum Gasteiger partial charge on any atom is 0.237 e. The van der Waals surface area contributed by atoms with Crippen LogP contribution in [-0.4, -0.2) is 42.0 Å². The van der Waals surface area contributed by atoms with Gasteiger partial charge in [-0.2, -0.15) is 4.91 Å². The first-order valence-electron chi connectivity index (χ1n) is 11.1. The van der Waals surface area contributed by atoms with Crippen LogP contribution >= 0.6 is 0 Å². The van der Waals surface area contributed by atoms with Crippen LogP contribution in [0.25, 0.3) is 0 Å². The number of hydrogen-bond donors (Lipinski definition) is 1. The van der Waals surface area contributed by atoms with Gasteiger partial charge in [0, 0.05) is 19.1 Å². The molecule has 6 aliphatic rings. The monoisotopic (exact) mass is 359 g/mol. The summed E-state index contributed by atoms with van der Waals surface area (Å²) in [4.78, 5) is 26.6. The first-order chi connectivity index (χ1) is 12.7. The highest BCUT2D eigenvalue weighted by Gasteiger charge is 2.49. The lowest BCUT2D eigenvalue weighted by Crippen LogP contribution is -2.58. The first kappa shape index (κ1) is 17.2. The summed E-state index contributed by atoms with van der Waals surface area (Å²) in [6.07, 6.45) is 12.6. The molecule has 26 heavy (non-hydrogen) atoms. The van der Waals surface area contributed by atoms with E-state index in [1.807, 2.05) is 0 Å². The Labute approximate surface area is 156 Å². The van der Waals surface area contributed by atoms with Gasteiger partial charge in [0.1, 0.15) is 6.04 Å². The van der Waals surface area contributed by atoms with Gasteiger partial charge in [-0.3, -0.25) is 9.69 Å². The van der Waals surface area contributed by atoms with E-state index in [4.69, 9.17) is 0 Å². The molecule has 5 aliphatic carbocycles. The van der Waals surface area contributed by atoms with Gasteiger partial charge < -0.3 is 5.32 Å². The van der Waals surface area contributed by atoms with Crippen LogP contribution < -0.4 is 5.32 Å². The van der Waals surface area contributed by atoms with Gasteiger partial charge in [-0.15, -0.1) is 0 Å². The maximum atomic E-state index is 13.2. The molecule has 0 aromatic rings. The highest BCUT2D eigenvalue weighted by atomic mass is 16.3. The van der Waals surface area contributed by atoms with Gasteiger partial charge in [-0.1, -0.05) is 18.0 Å². The molecule has 4 bridgehead atoms. The van der Waals surface area contributed by atoms with Crippen molar-refractivity contribution in [3.8, 4) is 0 Å². The summed E-state index contributed by atoms with van der Waals surface area (Å²) in [5.74, 6) is 4.17. The minimum atomic E-state index is -0.203. The molecule has 6 fully saturated rings. The van der Waals surface area contributed by atoms with Crippen molar-refractivity contribution in [3.63, 3.8) is 0 Å². The van der Waals surface area contributed by atoms with E-state index in [9.17, 15) is 9.70 Å². The Balaban J connectivity index is 1.25. The van der Waals surface area contributed by atoms with Gasteiger partial charge in [0.15, 0.2) is 0 Å². The lowest BCUT2D eigenvalue weighted by atomic mass is 9.54. The molecule has 6 rings (SSSR count). The summed E-state index contributed by atoms with van der Waals surface area (Å²) in [5, 5.41) is 6.77. The average Bonchev–Trinajstić information content (AvgIpc) is 3.27. The van der Waals surface area contributed by atoms with Crippen LogP contribution in [0.15, 0.2) is 5.18 Å². The fourth-order valence-electron chi connectivity index (χ4n) is 7.38. The second kappa shape index (κ2) is 6.88. The predicted octanol–water partition coefficient (Wildman–Crippen LogP) is 3.33. The molecule has 0 spiro atoms. The SMILES string of the molecule is O=NC1C[C@@H](C(=O)NC2C3CC4CC(C3)CC2C4)N(CC2CCCC2)C1. The van der Waals surface area contributed by atoms with Crippen LogP contribution in [0.5, 0.6) is 0 Å². The summed E-state index contributed by atoms with van der Waals surface area (Å²) in [6.45, 7) is 1.66. The van der Waals surface area contributed by atoms with Gasteiger partial charge in [0.25, 0.3) is 0 Å². The standard InChI is InChI=1S/C21H33N3O2/c25-21(22-20-16-6-14-5-15(8-16)9-17(20)7-14)19-10-18(23-26)12-24(19)11-13-3-1-2-4-13/h13-20H,1-12H2,(H,22,25)/t14?,15?,16?,17?,18?,19-,20?/m0/s1. The fourth-order valence-corrected chi connectivity index (χ4v) is 7.38. The van der Waals surface area contributed by atoms with E-state index < -0.39 is 0 Å². The minimum Gasteiger partial charge on any atom is -0.351 e. The summed E-state index contributed by atoms with van der Waals surface area (Å²) in [7, 11) is 0. The van der Waals surface area contributed by atoms with E-state index in [1.54, 1.807) is 0 Å². The number of likely N-dealkylation sites (tertiary alicyclic amines) is 1. The molecule has 5 nitrogen and oxygen atoms in total. The van der Waals surface area contributed by atoms with Crippen molar-refractivity contribution in [1.29, 1.82) is 0 Å². The van der Waals surface area contributed by atoms with Crippen LogP contribution in [0.3, 0.4) is 0 Å². The van der Waals surface area contributed by atoms with E-state index in [2.05, 4.69) is 15.4 Å². The van der Waals surface area contributed by atoms with Crippen LogP contribution in [0.1, 0.15) is 64.2 Å². The van der Waals surface area contributed by atoms with Crippen LogP contribution in [0, 0.1) is 34.5 Å². The van der Waals surface area contributed by atoms with Crippen LogP contribution in [-0.2, 0) is 4.79 Å². The van der Waals surface area contributed by atoms with Gasteiger partial charge in [0.2, 0.25) is 5.91 Å². The predicted molar refractivity (Wildman–Crippen MR) is 100 cm³/mol. The highest BCUT2D eigenvalue weighted by Crippen LogP contribution is 2.53. The Morgan fingerprint density at radius 2 is 1.62 bits per heavy atom. The zero-order chi connectivity index (χ0) is 17.7. The number of rotatable bonds is 5. The van der Waals surface area contributed by atoms with E-state index in [1.165, 1.54) is 57.8 Å². The van der Waals surface area contributed by atoms with Gasteiger partial charge >= 0.3 is 0 Å². The molecule has 1 unspecified atom stereocenters. The van der Waals surface area contributed by atoms with Crippen molar-refractivity contribution in [2.24, 2.45) is 34.8 Å². The van der Waals surface area contributed by atoms with Crippen molar-refractivity contribution in [2.45, 2.75) is 82.3 Å². The topological polar surface area (TPSA) is 61.8 Å². The molecule has 0 radical (unpaired) electrons. The molecule has 5 saturated carbocycles. The first-order valence-corrected chi connectivity index (χ1v) is 11.1. The zero-order valence-corrected chi connectivity index (χ0v) is 15.8. The lowest BCUT2D eigenvalue weighted by molar-refractivity contribution is -0.129. The normalized spacial score (nSPS) is 45.3. The van der Waals surface area contributed by atoms with Crippen molar-refractivity contribution in [3.05, 3.63) is 4.91 Å². The number of carbonyl (C=O) groups excluding carboxylic acids is 1. The quantitative estimate of drug-likeness (QED) is 0.766. The molecule has 2 atom stereocenters. The average molecular weight is 360 g/mol. The molecular formula is C21H33N3O2. The van der Waals surface area contributed by atoms with Crippen molar-refractivity contribution in [1.82, 2.24) is 10.2 Å². The Kier molecular flexibility index (Phi) is 4.54. The number of carbonyl (C=O) groups is 1. The van der Waals surface area contributed by atoms with Crippen molar-refractivity contribution >= 4 is 5.91 Å². The Morgan fingerprint density at radius 3 is 2.23 bits per heavy atom. The molecule has 0 aromatic carbocycles. The third-order valence-electron chi connectivity index (χ3n) is 8.34. The van der Waals surface area contributed by atoms with Crippen molar-refractivity contribution < 1.29 is 4.79 Å². The van der Waals surface area contributed by atoms with E-state index in [0.29, 0.717) is 36.8 Å². The summed E-state index contributed by atoms with van der Waals surface area (Å²) >= 11 is 0. The van der Waals surface area contributed by atoms with Crippen LogP contribution in [0.2, 0.25) is 0 Å². The maximum absolute atomic E-state index is 13.2. The Hall–Kier alpha value is -0.970. The summed E-state index contributed by atoms with van der Waals surface area (Å²) < 4.78 is 0. The number of nitroso groups, excluding NO2 is 1. The van der Waals surface area contributed by atoms with Gasteiger partial charge in [-0.25, -0.2) is 0 Å². The Bertz CT molecular complexity index is 531. The Morgan fingerprint density at radius 1 is 0.962 bits per heavy atom. The molecule has 144 valence electrons. The number of nitrogens with one attached hydrogen (secondary N) is 1. The summed E-state index contributed by atoms with van der Waals surface area (Å²) in [5.41, 5.74) is 0. The fraction of sp³-hybridized carbons (Fsp3) is 0.952. The van der Waals surface area contributed by atoms with Crippen molar-refractivity contribution in [2.75, 3.05) is 13.1 Å². The lowest BCUT2D eigenvalue weighted by Gasteiger charge is -2.54. The minimum absolute atomic E-state index is 0.129. The number of nitrogens with zero attached hydrogens (tertiary/aromatic N) is 2. The third kappa shape index (κ3) is 3.10. The second-order valence-corrected chi connectivity index (χ2v) is 10.1. The van der Waals surface area contributed by atoms with Gasteiger partial charge in [-0.05, 0) is 81.0 Å². The molecule has 1 saturated heterocycles. The molecule has 1 N–H and O–H groups in total. The smallest absolute Gasteiger partial charge is 0.237 e. The molecule has 1 amide bonds. The van der Waals surface area contributed by atoms with E-state index in [-0.39, 0.29) is 18.0 Å². The molecule has 1 heterocycles. The van der Waals surface area contributed by atoms with E-state index in [0.717, 1.165) is 18.4 Å².